The summed E-state index contributed by atoms with van der Waals surface area (Å²) in [6.07, 6.45) is 4.59. The molecule has 2 unspecified atom stereocenters. The van der Waals surface area contributed by atoms with Crippen molar-refractivity contribution in [3.8, 4) is 0 Å². The van der Waals surface area contributed by atoms with Gasteiger partial charge in [0, 0.05) is 17.8 Å². The number of rotatable bonds is 5. The van der Waals surface area contributed by atoms with E-state index in [0.29, 0.717) is 17.5 Å². The van der Waals surface area contributed by atoms with Gasteiger partial charge in [-0.1, -0.05) is 45.0 Å². The maximum atomic E-state index is 3.89. The van der Waals surface area contributed by atoms with E-state index in [4.69, 9.17) is 0 Å². The first kappa shape index (κ1) is 14.0. The van der Waals surface area contributed by atoms with Crippen LogP contribution in [0.25, 0.3) is 0 Å². The topological polar surface area (TPSA) is 12.0 Å². The van der Waals surface area contributed by atoms with E-state index in [1.54, 1.807) is 0 Å². The van der Waals surface area contributed by atoms with Crippen LogP contribution in [0.4, 0.5) is 0 Å². The zero-order valence-corrected chi connectivity index (χ0v) is 12.8. The summed E-state index contributed by atoms with van der Waals surface area (Å²) >= 11 is 1.94. The average Bonchev–Trinajstić information content (AvgIpc) is 2.59. The standard InChI is InChI=1S/C16H25NS/c1-5-13(11-18-4)17-15-14-9-7-6-8-12(14)10-16(15,2)3/h6-9,13,15,17H,5,10-11H2,1-4H3. The first-order chi connectivity index (χ1) is 8.58. The van der Waals surface area contributed by atoms with Crippen LogP contribution in [-0.4, -0.2) is 18.1 Å². The fourth-order valence-corrected chi connectivity index (χ4v) is 3.76. The first-order valence-electron chi connectivity index (χ1n) is 6.91. The number of nitrogens with one attached hydrogen (secondary N) is 1. The molecule has 0 saturated heterocycles. The molecule has 0 saturated carbocycles. The Morgan fingerprint density at radius 2 is 2.11 bits per heavy atom. The molecule has 18 heavy (non-hydrogen) atoms. The van der Waals surface area contributed by atoms with Crippen LogP contribution in [0.2, 0.25) is 0 Å². The van der Waals surface area contributed by atoms with Gasteiger partial charge in [0.2, 0.25) is 0 Å². The summed E-state index contributed by atoms with van der Waals surface area (Å²) in [4.78, 5) is 0. The van der Waals surface area contributed by atoms with Crippen molar-refractivity contribution in [2.45, 2.75) is 45.7 Å². The summed E-state index contributed by atoms with van der Waals surface area (Å²) in [5, 5.41) is 3.89. The van der Waals surface area contributed by atoms with E-state index in [9.17, 15) is 0 Å². The molecule has 2 atom stereocenters. The van der Waals surface area contributed by atoms with E-state index >= 15 is 0 Å². The van der Waals surface area contributed by atoms with Crippen molar-refractivity contribution in [1.82, 2.24) is 5.32 Å². The molecule has 2 heteroatoms. The maximum Gasteiger partial charge on any atom is 0.0380 e. The van der Waals surface area contributed by atoms with Gasteiger partial charge >= 0.3 is 0 Å². The maximum absolute atomic E-state index is 3.89. The minimum Gasteiger partial charge on any atom is -0.306 e. The first-order valence-corrected chi connectivity index (χ1v) is 8.30. The summed E-state index contributed by atoms with van der Waals surface area (Å²) < 4.78 is 0. The van der Waals surface area contributed by atoms with Crippen LogP contribution < -0.4 is 5.32 Å². The van der Waals surface area contributed by atoms with Gasteiger partial charge in [0.25, 0.3) is 0 Å². The van der Waals surface area contributed by atoms with Crippen LogP contribution in [0, 0.1) is 5.41 Å². The van der Waals surface area contributed by atoms with Crippen LogP contribution in [0.3, 0.4) is 0 Å². The third kappa shape index (κ3) is 2.75. The molecule has 0 aliphatic heterocycles. The lowest BCUT2D eigenvalue weighted by molar-refractivity contribution is 0.251. The molecule has 1 aromatic carbocycles. The molecule has 1 N–H and O–H groups in total. The Morgan fingerprint density at radius 1 is 1.39 bits per heavy atom. The highest BCUT2D eigenvalue weighted by molar-refractivity contribution is 7.98. The van der Waals surface area contributed by atoms with E-state index < -0.39 is 0 Å². The predicted octanol–water partition coefficient (Wildman–Crippen LogP) is 4.04. The molecule has 0 spiro atoms. The molecule has 0 radical (unpaired) electrons. The summed E-state index contributed by atoms with van der Waals surface area (Å²) in [5.74, 6) is 1.20. The lowest BCUT2D eigenvalue weighted by atomic mass is 9.85. The Balaban J connectivity index is 2.20. The van der Waals surface area contributed by atoms with Gasteiger partial charge in [0.05, 0.1) is 0 Å². The molecule has 1 aromatic rings. The second-order valence-corrected chi connectivity index (χ2v) is 6.94. The average molecular weight is 263 g/mol. The zero-order chi connectivity index (χ0) is 13.2. The number of fused-ring (bicyclic) bond motifs is 1. The molecule has 0 aromatic heterocycles. The van der Waals surface area contributed by atoms with E-state index in [1.165, 1.54) is 29.7 Å². The lowest BCUT2D eigenvalue weighted by Crippen LogP contribution is -2.39. The summed E-state index contributed by atoms with van der Waals surface area (Å²) in [7, 11) is 0. The summed E-state index contributed by atoms with van der Waals surface area (Å²) in [6, 6.07) is 10.0. The van der Waals surface area contributed by atoms with Gasteiger partial charge in [-0.3, -0.25) is 0 Å². The third-order valence-electron chi connectivity index (χ3n) is 4.06. The highest BCUT2D eigenvalue weighted by atomic mass is 32.2. The summed E-state index contributed by atoms with van der Waals surface area (Å²) in [5.41, 5.74) is 3.37. The van der Waals surface area contributed by atoms with Crippen LogP contribution in [0.5, 0.6) is 0 Å². The van der Waals surface area contributed by atoms with Crippen molar-refractivity contribution in [2.24, 2.45) is 5.41 Å². The Hall–Kier alpha value is -0.470. The van der Waals surface area contributed by atoms with Crippen molar-refractivity contribution in [3.05, 3.63) is 35.4 Å². The number of hydrogen-bond donors (Lipinski definition) is 1. The highest BCUT2D eigenvalue weighted by Gasteiger charge is 2.39. The van der Waals surface area contributed by atoms with Crippen molar-refractivity contribution in [1.29, 1.82) is 0 Å². The van der Waals surface area contributed by atoms with E-state index in [0.717, 1.165) is 0 Å². The fraction of sp³-hybridized carbons (Fsp3) is 0.625. The number of benzene rings is 1. The Kier molecular flexibility index (Phi) is 4.39. The SMILES string of the molecule is CCC(CSC)NC1c2ccccc2CC1(C)C. The van der Waals surface area contributed by atoms with Gasteiger partial charge in [-0.2, -0.15) is 11.8 Å². The van der Waals surface area contributed by atoms with Crippen LogP contribution >= 0.6 is 11.8 Å². The Labute approximate surface area is 116 Å². The molecule has 1 nitrogen and oxygen atoms in total. The van der Waals surface area contributed by atoms with Crippen molar-refractivity contribution in [3.63, 3.8) is 0 Å². The van der Waals surface area contributed by atoms with Gasteiger partial charge in [0.15, 0.2) is 0 Å². The minimum absolute atomic E-state index is 0.329. The van der Waals surface area contributed by atoms with Gasteiger partial charge in [-0.05, 0) is 35.6 Å². The second kappa shape index (κ2) is 5.66. The number of thioether (sulfide) groups is 1. The molecular weight excluding hydrogens is 238 g/mol. The Morgan fingerprint density at radius 3 is 2.78 bits per heavy atom. The van der Waals surface area contributed by atoms with E-state index in [-0.39, 0.29) is 0 Å². The monoisotopic (exact) mass is 263 g/mol. The quantitative estimate of drug-likeness (QED) is 0.860. The van der Waals surface area contributed by atoms with E-state index in [2.05, 4.69) is 56.6 Å². The van der Waals surface area contributed by atoms with Gasteiger partial charge in [0.1, 0.15) is 0 Å². The zero-order valence-electron chi connectivity index (χ0n) is 12.0. The van der Waals surface area contributed by atoms with Gasteiger partial charge in [-0.25, -0.2) is 0 Å². The van der Waals surface area contributed by atoms with Crippen LogP contribution in [0.15, 0.2) is 24.3 Å². The molecule has 0 bridgehead atoms. The molecule has 1 aliphatic carbocycles. The predicted molar refractivity (Wildman–Crippen MR) is 82.3 cm³/mol. The molecular formula is C16H25NS. The Bertz CT molecular complexity index is 400. The summed E-state index contributed by atoms with van der Waals surface area (Å²) in [6.45, 7) is 7.05. The fourth-order valence-electron chi connectivity index (χ4n) is 3.03. The third-order valence-corrected chi connectivity index (χ3v) is 4.79. The molecule has 0 fully saturated rings. The minimum atomic E-state index is 0.329. The number of hydrogen-bond acceptors (Lipinski definition) is 2. The van der Waals surface area contributed by atoms with Crippen LogP contribution in [0.1, 0.15) is 44.4 Å². The van der Waals surface area contributed by atoms with E-state index in [1.807, 2.05) is 11.8 Å². The van der Waals surface area contributed by atoms with Gasteiger partial charge < -0.3 is 5.32 Å². The largest absolute Gasteiger partial charge is 0.306 e. The van der Waals surface area contributed by atoms with Crippen molar-refractivity contribution in [2.75, 3.05) is 12.0 Å². The molecule has 100 valence electrons. The lowest BCUT2D eigenvalue weighted by Gasteiger charge is -2.32. The normalized spacial score (nSPS) is 22.8. The smallest absolute Gasteiger partial charge is 0.0380 e. The molecule has 1 aliphatic rings. The molecule has 0 amide bonds. The highest BCUT2D eigenvalue weighted by Crippen LogP contribution is 2.45. The van der Waals surface area contributed by atoms with Gasteiger partial charge in [-0.15, -0.1) is 0 Å². The second-order valence-electron chi connectivity index (χ2n) is 6.02. The molecule has 0 heterocycles. The van der Waals surface area contributed by atoms with Crippen LogP contribution in [-0.2, 0) is 6.42 Å². The van der Waals surface area contributed by atoms with Crippen molar-refractivity contribution < 1.29 is 0 Å². The van der Waals surface area contributed by atoms with Crippen molar-refractivity contribution >= 4 is 11.8 Å². The molecule has 2 rings (SSSR count).